The average molecular weight is 434 g/mol. The Hall–Kier alpha value is -1.36. The first-order chi connectivity index (χ1) is 12.8. The molecular weight excluding hydrogens is 406 g/mol. The second-order valence-electron chi connectivity index (χ2n) is 9.15. The number of nitrogens with one attached hydrogen (secondary N) is 1. The third kappa shape index (κ3) is 4.23. The summed E-state index contributed by atoms with van der Waals surface area (Å²) in [7, 11) is 0. The van der Waals surface area contributed by atoms with Crippen LogP contribution in [0.2, 0.25) is 0 Å². The third-order valence-corrected chi connectivity index (χ3v) is 7.60. The van der Waals surface area contributed by atoms with E-state index in [2.05, 4.69) is 21.2 Å². The molecule has 4 aliphatic rings. The number of carbonyl (C=O) groups excluding carboxylic acids is 2. The fourth-order valence-corrected chi connectivity index (χ4v) is 7.66. The minimum atomic E-state index is -0.248. The van der Waals surface area contributed by atoms with Gasteiger partial charge >= 0.3 is 5.97 Å². The van der Waals surface area contributed by atoms with Crippen molar-refractivity contribution in [3.8, 4) is 0 Å². The summed E-state index contributed by atoms with van der Waals surface area (Å²) in [4.78, 5) is 24.6. The highest BCUT2D eigenvalue weighted by atomic mass is 79.9. The molecule has 1 N–H and O–H groups in total. The molecule has 5 heteroatoms. The normalized spacial score (nSPS) is 34.9. The van der Waals surface area contributed by atoms with Gasteiger partial charge in [-0.2, -0.15) is 0 Å². The summed E-state index contributed by atoms with van der Waals surface area (Å²) in [6.45, 7) is 1.73. The van der Waals surface area contributed by atoms with Gasteiger partial charge in [0.05, 0.1) is 12.5 Å². The van der Waals surface area contributed by atoms with E-state index >= 15 is 0 Å². The SMILES string of the molecule is C[C@H](NC(=O)COC(=O)CC12C[C@H]3C[C@@H](CC(Br)(C3)C1)C2)c1ccccc1. The van der Waals surface area contributed by atoms with Crippen molar-refractivity contribution in [3.05, 3.63) is 35.9 Å². The number of hydrogen-bond acceptors (Lipinski definition) is 3. The van der Waals surface area contributed by atoms with E-state index in [1.54, 1.807) is 0 Å². The van der Waals surface area contributed by atoms with Gasteiger partial charge in [0, 0.05) is 4.32 Å². The number of carbonyl (C=O) groups is 2. The third-order valence-electron chi connectivity index (χ3n) is 6.67. The molecule has 4 saturated carbocycles. The summed E-state index contributed by atoms with van der Waals surface area (Å²) in [5.41, 5.74) is 1.12. The number of alkyl halides is 1. The van der Waals surface area contributed by atoms with Crippen molar-refractivity contribution < 1.29 is 14.3 Å². The first kappa shape index (κ1) is 19.0. The minimum absolute atomic E-state index is 0.0818. The number of benzene rings is 1. The first-order valence-electron chi connectivity index (χ1n) is 10.0. The number of hydrogen-bond donors (Lipinski definition) is 1. The molecule has 27 heavy (non-hydrogen) atoms. The van der Waals surface area contributed by atoms with Gasteiger partial charge in [-0.1, -0.05) is 46.3 Å². The van der Waals surface area contributed by atoms with Crippen LogP contribution in [0.3, 0.4) is 0 Å². The van der Waals surface area contributed by atoms with Crippen LogP contribution in [0.15, 0.2) is 30.3 Å². The van der Waals surface area contributed by atoms with Crippen LogP contribution in [-0.2, 0) is 14.3 Å². The lowest BCUT2D eigenvalue weighted by atomic mass is 9.49. The zero-order valence-electron chi connectivity index (χ0n) is 15.9. The minimum Gasteiger partial charge on any atom is -0.456 e. The Morgan fingerprint density at radius 2 is 1.85 bits per heavy atom. The molecule has 0 radical (unpaired) electrons. The van der Waals surface area contributed by atoms with Crippen molar-refractivity contribution in [2.24, 2.45) is 17.3 Å². The number of amides is 1. The summed E-state index contributed by atoms with van der Waals surface area (Å²) in [5.74, 6) is 1.01. The molecule has 0 aromatic heterocycles. The molecule has 0 spiro atoms. The van der Waals surface area contributed by atoms with E-state index < -0.39 is 0 Å². The lowest BCUT2D eigenvalue weighted by Crippen LogP contribution is -2.53. The smallest absolute Gasteiger partial charge is 0.306 e. The molecule has 4 nitrogen and oxygen atoms in total. The second kappa shape index (κ2) is 7.23. The van der Waals surface area contributed by atoms with Gasteiger partial charge in [-0.05, 0) is 68.3 Å². The Morgan fingerprint density at radius 3 is 2.48 bits per heavy atom. The summed E-state index contributed by atoms with van der Waals surface area (Å²) in [6.07, 6.45) is 7.63. The predicted molar refractivity (Wildman–Crippen MR) is 107 cm³/mol. The highest BCUT2D eigenvalue weighted by molar-refractivity contribution is 9.10. The van der Waals surface area contributed by atoms with Gasteiger partial charge in [0.2, 0.25) is 0 Å². The molecule has 0 aliphatic heterocycles. The molecule has 1 aromatic carbocycles. The van der Waals surface area contributed by atoms with Gasteiger partial charge < -0.3 is 10.1 Å². The largest absolute Gasteiger partial charge is 0.456 e. The van der Waals surface area contributed by atoms with E-state index in [9.17, 15) is 9.59 Å². The van der Waals surface area contributed by atoms with Gasteiger partial charge in [-0.25, -0.2) is 0 Å². The van der Waals surface area contributed by atoms with Crippen LogP contribution in [0, 0.1) is 17.3 Å². The van der Waals surface area contributed by atoms with Crippen LogP contribution in [-0.4, -0.2) is 22.8 Å². The van der Waals surface area contributed by atoms with Crippen LogP contribution in [0.25, 0.3) is 0 Å². The van der Waals surface area contributed by atoms with Crippen LogP contribution >= 0.6 is 15.9 Å². The molecule has 146 valence electrons. The lowest BCUT2D eigenvalue weighted by Gasteiger charge is -2.60. The molecule has 0 heterocycles. The molecule has 3 atom stereocenters. The number of ether oxygens (including phenoxy) is 1. The maximum atomic E-state index is 12.5. The van der Waals surface area contributed by atoms with E-state index in [0.717, 1.165) is 36.7 Å². The summed E-state index contributed by atoms with van der Waals surface area (Å²) in [5, 5.41) is 2.89. The molecule has 5 rings (SSSR count). The monoisotopic (exact) mass is 433 g/mol. The molecule has 1 amide bonds. The molecular formula is C22H28BrNO3. The first-order valence-corrected chi connectivity index (χ1v) is 10.8. The van der Waals surface area contributed by atoms with Crippen molar-refractivity contribution in [2.75, 3.05) is 6.61 Å². The maximum Gasteiger partial charge on any atom is 0.306 e. The Bertz CT molecular complexity index is 706. The van der Waals surface area contributed by atoms with Crippen LogP contribution < -0.4 is 5.32 Å². The summed E-state index contributed by atoms with van der Waals surface area (Å²) in [6, 6.07) is 9.68. The van der Waals surface area contributed by atoms with Crippen LogP contribution in [0.4, 0.5) is 0 Å². The predicted octanol–water partition coefficient (Wildman–Crippen LogP) is 4.53. The molecule has 0 unspecified atom stereocenters. The topological polar surface area (TPSA) is 55.4 Å². The van der Waals surface area contributed by atoms with Gasteiger partial charge in [0.15, 0.2) is 6.61 Å². The van der Waals surface area contributed by atoms with Crippen LogP contribution in [0.1, 0.15) is 63.5 Å². The van der Waals surface area contributed by atoms with E-state index in [-0.39, 0.29) is 34.3 Å². The maximum absolute atomic E-state index is 12.5. The standard InChI is InChI=1S/C22H28BrNO3/c1-15(18-5-3-2-4-6-18)24-19(25)13-27-20(26)12-21-8-16-7-17(9-21)11-22(23,10-16)14-21/h2-6,15-17H,7-14H2,1H3,(H,24,25)/t15-,16+,17+,21?,22?/m0/s1. The highest BCUT2D eigenvalue weighted by Crippen LogP contribution is 2.65. The Balaban J connectivity index is 1.27. The van der Waals surface area contributed by atoms with Crippen molar-refractivity contribution in [1.29, 1.82) is 0 Å². The van der Waals surface area contributed by atoms with Gasteiger partial charge in [0.25, 0.3) is 5.91 Å². The Morgan fingerprint density at radius 1 is 1.19 bits per heavy atom. The van der Waals surface area contributed by atoms with Crippen molar-refractivity contribution in [1.82, 2.24) is 5.32 Å². The fraction of sp³-hybridized carbons (Fsp3) is 0.636. The Labute approximate surface area is 169 Å². The van der Waals surface area contributed by atoms with Gasteiger partial charge in [-0.15, -0.1) is 0 Å². The molecule has 0 saturated heterocycles. The molecule has 4 aliphatic carbocycles. The quantitative estimate of drug-likeness (QED) is 0.529. The molecule has 4 fully saturated rings. The van der Waals surface area contributed by atoms with E-state index in [0.29, 0.717) is 6.42 Å². The molecule has 1 aromatic rings. The van der Waals surface area contributed by atoms with Gasteiger partial charge in [-0.3, -0.25) is 9.59 Å². The highest BCUT2D eigenvalue weighted by Gasteiger charge is 2.57. The van der Waals surface area contributed by atoms with Gasteiger partial charge in [0.1, 0.15) is 0 Å². The number of rotatable bonds is 6. The molecule has 4 bridgehead atoms. The van der Waals surface area contributed by atoms with Crippen molar-refractivity contribution >= 4 is 27.8 Å². The zero-order valence-corrected chi connectivity index (χ0v) is 17.5. The van der Waals surface area contributed by atoms with Crippen molar-refractivity contribution in [2.45, 2.75) is 62.2 Å². The number of esters is 1. The lowest BCUT2D eigenvalue weighted by molar-refractivity contribution is -0.154. The zero-order chi connectivity index (χ0) is 19.1. The fourth-order valence-electron chi connectivity index (χ4n) is 6.15. The van der Waals surface area contributed by atoms with E-state index in [1.807, 2.05) is 37.3 Å². The van der Waals surface area contributed by atoms with E-state index in [4.69, 9.17) is 4.74 Å². The number of halogens is 1. The second-order valence-corrected chi connectivity index (χ2v) is 10.8. The van der Waals surface area contributed by atoms with Crippen LogP contribution in [0.5, 0.6) is 0 Å². The average Bonchev–Trinajstić information content (AvgIpc) is 2.58. The summed E-state index contributed by atoms with van der Waals surface area (Å²) >= 11 is 3.98. The summed E-state index contributed by atoms with van der Waals surface area (Å²) < 4.78 is 5.58. The Kier molecular flexibility index (Phi) is 5.08. The van der Waals surface area contributed by atoms with Crippen molar-refractivity contribution in [3.63, 3.8) is 0 Å². The van der Waals surface area contributed by atoms with E-state index in [1.165, 1.54) is 19.3 Å².